The van der Waals surface area contributed by atoms with E-state index in [9.17, 15) is 101 Å². The van der Waals surface area contributed by atoms with Crippen molar-refractivity contribution < 1.29 is 165 Å². The molecule has 0 heterocycles. The Morgan fingerprint density at radius 1 is 0.227 bits per heavy atom. The van der Waals surface area contributed by atoms with Crippen LogP contribution >= 0.6 is 0 Å². The van der Waals surface area contributed by atoms with E-state index in [4.69, 9.17) is 64.2 Å². The minimum absolute atomic E-state index is 0.0259. The summed E-state index contributed by atoms with van der Waals surface area (Å²) >= 11 is 0. The topological polar surface area (TPSA) is 694 Å². The Kier molecular flexibility index (Phi) is 86.6. The van der Waals surface area contributed by atoms with Crippen LogP contribution in [0, 0.1) is 11.8 Å². The first-order valence-corrected chi connectivity index (χ1v) is 47.3. The quantitative estimate of drug-likeness (QED) is 0.0199. The van der Waals surface area contributed by atoms with Crippen molar-refractivity contribution in [2.45, 2.75) is 107 Å². The fourth-order valence-corrected chi connectivity index (χ4v) is 13.0. The Morgan fingerprint density at radius 3 is 0.560 bits per heavy atom. The predicted octanol–water partition coefficient (Wildman–Crippen LogP) is -5.86. The highest BCUT2D eigenvalue weighted by Gasteiger charge is 2.27. The van der Waals surface area contributed by atoms with Crippen molar-refractivity contribution in [3.8, 4) is 0 Å². The van der Waals surface area contributed by atoms with Gasteiger partial charge in [-0.05, 0) is 52.4 Å². The Balaban J connectivity index is -0.000000891. The molecule has 0 bridgehead atoms. The largest absolute Gasteiger partial charge is 0.480 e. The molecule has 0 radical (unpaired) electrons. The lowest BCUT2D eigenvalue weighted by atomic mass is 9.99. The lowest BCUT2D eigenvalue weighted by Gasteiger charge is -2.28. The second-order valence-electron chi connectivity index (χ2n) is 32.4. The second-order valence-corrected chi connectivity index (χ2v) is 32.4. The summed E-state index contributed by atoms with van der Waals surface area (Å²) in [6.45, 7) is 17.3. The summed E-state index contributed by atoms with van der Waals surface area (Å²) in [6, 6.07) is 0. The third kappa shape index (κ3) is 88.0. The zero-order valence-corrected chi connectivity index (χ0v) is 84.7. The number of methoxy groups -OCH3 is 4. The van der Waals surface area contributed by atoms with E-state index in [1.54, 1.807) is 37.5 Å². The molecule has 0 aromatic carbocycles. The Hall–Kier alpha value is -10.7. The van der Waals surface area contributed by atoms with Crippen molar-refractivity contribution >= 4 is 113 Å². The summed E-state index contributed by atoms with van der Waals surface area (Å²) in [5.41, 5.74) is 0. The van der Waals surface area contributed by atoms with Crippen LogP contribution in [0.5, 0.6) is 0 Å². The van der Waals surface area contributed by atoms with Gasteiger partial charge in [-0.2, -0.15) is 0 Å². The van der Waals surface area contributed by atoms with Gasteiger partial charge in [0, 0.05) is 172 Å². The van der Waals surface area contributed by atoms with Crippen LogP contribution in [0.25, 0.3) is 0 Å². The molecule has 0 saturated carbocycles. The highest BCUT2D eigenvalue weighted by atomic mass is 16.5. The van der Waals surface area contributed by atoms with Crippen LogP contribution in [0.3, 0.4) is 0 Å². The second kappa shape index (κ2) is 89.4. The molecule has 141 heavy (non-hydrogen) atoms. The molecule has 0 aliphatic heterocycles. The van der Waals surface area contributed by atoms with Crippen LogP contribution in [0.2, 0.25) is 0 Å². The van der Waals surface area contributed by atoms with Crippen molar-refractivity contribution in [1.29, 1.82) is 0 Å². The summed E-state index contributed by atoms with van der Waals surface area (Å²) in [4.78, 5) is 238. The number of esters is 2. The molecule has 0 rings (SSSR count). The molecule has 0 spiro atoms. The lowest BCUT2D eigenvalue weighted by Crippen LogP contribution is -2.47. The van der Waals surface area contributed by atoms with E-state index in [0.717, 1.165) is 51.4 Å². The van der Waals surface area contributed by atoms with Gasteiger partial charge < -0.3 is 117 Å². The normalized spacial score (nSPS) is 11.5. The molecule has 2 unspecified atom stereocenters. The minimum atomic E-state index is -1.15. The molecule has 0 aliphatic carbocycles. The van der Waals surface area contributed by atoms with Gasteiger partial charge in [0.15, 0.2) is 0 Å². The van der Waals surface area contributed by atoms with Gasteiger partial charge in [-0.1, -0.05) is 66.2 Å². The van der Waals surface area contributed by atoms with Crippen molar-refractivity contribution in [1.82, 2.24) is 96.4 Å². The van der Waals surface area contributed by atoms with Gasteiger partial charge in [-0.3, -0.25) is 145 Å². The van der Waals surface area contributed by atoms with Crippen LogP contribution in [0.15, 0.2) is 0 Å². The summed E-state index contributed by atoms with van der Waals surface area (Å²) in [5.74, 6) is -12.8. The SMILES string of the molecule is CCCCC(CC)CNC(=O)CN(CCN(CC(=O)NCC(CC)CCCC)CC(=O)OCC)CC(=O)OCC.CCNC(=O)CN(CCN(CCN(CC(=O)O)CC(=O)NCC)CC(=O)O)CC(=O)O.COCCNC(=O)CN(CCN(CCN(CC(=O)O)CC(=O)NCCOC)CC(=O)O)CC(=O)O.COCCNC(=O)CN(CCN(CCN(CC(=O)O)CC(=O)NCCOC)CC(=O)O)CC(=O)O. The number of amides is 8. The van der Waals surface area contributed by atoms with Crippen LogP contribution in [-0.2, 0) is 120 Å². The van der Waals surface area contributed by atoms with Crippen LogP contribution in [0.1, 0.15) is 107 Å². The smallest absolute Gasteiger partial charge is 0.320 e. The zero-order valence-electron chi connectivity index (χ0n) is 84.7. The standard InChI is InChI=1S/C30H58N4O6.2C20H37N5O10.C18H33N5O8/c1-7-13-15-25(9-3)19-31-27(35)21-33(23-29(37)39-11-5)17-18-34(24-30(38)40-12-6)22-28(36)32-20-26(10-4)16-14-8-2;2*1-34-9-3-21-16(26)11-24(14-19(30)31)7-5-23(13-18(28)29)6-8-25(15-20(32)33)12-17(27)22-4-10-35-2;1-3-19-14(24)9-22(12-17(28)29)7-5-21(11-16(26)27)6-8-23(13-18(30)31)10-15(25)20-4-2/h25-26H,7-24H2,1-6H3,(H,31,35)(H,32,36);2*3-15H2,1-2H3,(H,21,26)(H,22,27)(H,28,29)(H,30,31)(H,32,33);3-13H2,1-2H3,(H,19,24)(H,20,25)(H,26,27)(H,28,29)(H,30,31). The molecule has 0 aromatic heterocycles. The van der Waals surface area contributed by atoms with E-state index in [1.807, 2.05) is 0 Å². The Morgan fingerprint density at radius 2 is 0.397 bits per heavy atom. The highest BCUT2D eigenvalue weighted by Crippen LogP contribution is 2.13. The number of nitrogens with zero attached hydrogens (tertiary/aromatic N) is 11. The summed E-state index contributed by atoms with van der Waals surface area (Å²) in [7, 11) is 5.91. The maximum Gasteiger partial charge on any atom is 0.320 e. The third-order valence-corrected chi connectivity index (χ3v) is 20.1. The number of rotatable bonds is 87. The first-order chi connectivity index (χ1) is 66.9. The maximum absolute atomic E-state index is 12.8. The molecule has 2 atom stereocenters. The third-order valence-electron chi connectivity index (χ3n) is 20.1. The fraction of sp³-hybridized carbons (Fsp3) is 0.784. The number of ether oxygens (including phenoxy) is 6. The zero-order chi connectivity index (χ0) is 107. The van der Waals surface area contributed by atoms with E-state index < -0.39 is 115 Å². The predicted molar refractivity (Wildman–Crippen MR) is 512 cm³/mol. The number of carboxylic acid groups (broad SMARTS) is 9. The van der Waals surface area contributed by atoms with Crippen LogP contribution in [-0.4, -0.2) is 549 Å². The van der Waals surface area contributed by atoms with Gasteiger partial charge >= 0.3 is 65.7 Å². The summed E-state index contributed by atoms with van der Waals surface area (Å²) in [6.07, 6.45) is 8.64. The molecule has 53 nitrogen and oxygen atoms in total. The molecular formula is C88H165N19O34. The molecule has 0 saturated heterocycles. The highest BCUT2D eigenvalue weighted by molar-refractivity contribution is 5.83. The number of hydrogen-bond acceptors (Lipinski definition) is 36. The molecule has 0 aromatic rings. The average molecular weight is 2030 g/mol. The van der Waals surface area contributed by atoms with E-state index >= 15 is 0 Å². The van der Waals surface area contributed by atoms with E-state index in [-0.39, 0.29) is 240 Å². The number of aliphatic carboxylic acids is 9. The summed E-state index contributed by atoms with van der Waals surface area (Å²) < 4.78 is 29.6. The van der Waals surface area contributed by atoms with E-state index in [0.29, 0.717) is 77.5 Å². The number of carbonyl (C=O) groups is 19. The number of hydrogen-bond donors (Lipinski definition) is 17. The Bertz CT molecular complexity index is 3260. The maximum atomic E-state index is 12.8. The van der Waals surface area contributed by atoms with Crippen molar-refractivity contribution in [3.63, 3.8) is 0 Å². The average Bonchev–Trinajstić information content (AvgIpc) is 0.914. The molecule has 0 fully saturated rings. The van der Waals surface area contributed by atoms with Gasteiger partial charge in [0.05, 0.1) is 164 Å². The molecular weight excluding hydrogens is 1870 g/mol. The Labute approximate surface area is 826 Å². The van der Waals surface area contributed by atoms with Crippen molar-refractivity contribution in [2.24, 2.45) is 11.8 Å². The van der Waals surface area contributed by atoms with E-state index in [1.165, 1.54) is 72.5 Å². The number of nitrogens with one attached hydrogen (secondary N) is 8. The molecule has 8 amide bonds. The van der Waals surface area contributed by atoms with Crippen molar-refractivity contribution in [3.05, 3.63) is 0 Å². The van der Waals surface area contributed by atoms with E-state index in [2.05, 4.69) is 70.2 Å². The van der Waals surface area contributed by atoms with Gasteiger partial charge in [-0.25, -0.2) is 0 Å². The molecule has 0 aliphatic rings. The summed E-state index contributed by atoms with van der Waals surface area (Å²) in [5, 5.41) is 104. The van der Waals surface area contributed by atoms with Crippen molar-refractivity contribution in [2.75, 3.05) is 336 Å². The first-order valence-electron chi connectivity index (χ1n) is 47.3. The number of carboxylic acids is 9. The molecule has 53 heteroatoms. The first kappa shape index (κ1) is 137. The van der Waals surface area contributed by atoms with Gasteiger partial charge in [0.2, 0.25) is 47.3 Å². The minimum Gasteiger partial charge on any atom is -0.480 e. The van der Waals surface area contributed by atoms with Gasteiger partial charge in [0.25, 0.3) is 0 Å². The molecule has 816 valence electrons. The monoisotopic (exact) mass is 2030 g/mol. The van der Waals surface area contributed by atoms with Crippen LogP contribution < -0.4 is 42.5 Å². The number of unbranched alkanes of at least 4 members (excludes halogenated alkanes) is 2. The number of carbonyl (C=O) groups excluding carboxylic acids is 10. The van der Waals surface area contributed by atoms with Crippen LogP contribution in [0.4, 0.5) is 0 Å². The molecule has 17 N–H and O–H groups in total. The number of likely N-dealkylation sites (N-methyl/N-ethyl adjacent to an activating group) is 2. The van der Waals surface area contributed by atoms with Gasteiger partial charge in [-0.15, -0.1) is 0 Å². The van der Waals surface area contributed by atoms with Gasteiger partial charge in [0.1, 0.15) is 0 Å². The lowest BCUT2D eigenvalue weighted by molar-refractivity contribution is -0.147. The fourth-order valence-electron chi connectivity index (χ4n) is 13.0.